The number of ether oxygens (including phenoxy) is 2. The topological polar surface area (TPSA) is 121 Å². The van der Waals surface area contributed by atoms with Gasteiger partial charge in [-0.2, -0.15) is 0 Å². The highest BCUT2D eigenvalue weighted by Gasteiger charge is 2.51. The molecule has 11 rings (SSSR count). The first kappa shape index (κ1) is 38.5. The lowest BCUT2D eigenvalue weighted by Crippen LogP contribution is -2.61. The number of hydrogen-bond donors (Lipinski definition) is 4. The largest absolute Gasteiger partial charge is 0.392 e. The van der Waals surface area contributed by atoms with Crippen LogP contribution in [0.4, 0.5) is 4.79 Å². The zero-order valence-corrected chi connectivity index (χ0v) is 34.0. The van der Waals surface area contributed by atoms with E-state index in [1.165, 1.54) is 19.3 Å². The molecular formula is C49H57N5O5. The van der Waals surface area contributed by atoms with Gasteiger partial charge in [0, 0.05) is 49.2 Å². The minimum absolute atomic E-state index is 0.00453. The number of H-pyrrole nitrogens is 1. The van der Waals surface area contributed by atoms with Crippen LogP contribution in [0, 0.1) is 23.7 Å². The van der Waals surface area contributed by atoms with Crippen molar-refractivity contribution in [2.45, 2.75) is 102 Å². The SMILES string of the molecule is C[C@H]1[C@@H](CN2CCC(n3c(=O)[nH]c4ccccc43)CC2)O[C@@H](c2cccc(-c3cccc(CNC(=O)NC45CC6CC(CC(C6)C4)C5)c3)c2)O[C@H]1c1ccc(CO)cc1. The van der Waals surface area contributed by atoms with Crippen LogP contribution < -0.4 is 16.3 Å². The summed E-state index contributed by atoms with van der Waals surface area (Å²) in [5.41, 5.74) is 7.87. The third kappa shape index (κ3) is 7.88. The molecule has 0 radical (unpaired) electrons. The lowest BCUT2D eigenvalue weighted by Gasteiger charge is -2.56. The zero-order chi connectivity index (χ0) is 40.1. The second kappa shape index (κ2) is 16.0. The fourth-order valence-corrected chi connectivity index (χ4v) is 11.8. The number of piperidine rings is 1. The van der Waals surface area contributed by atoms with Crippen LogP contribution in [0.3, 0.4) is 0 Å². The van der Waals surface area contributed by atoms with Crippen LogP contribution in [0.1, 0.15) is 99.0 Å². The number of amides is 2. The normalized spacial score (nSPS) is 29.5. The van der Waals surface area contributed by atoms with E-state index in [9.17, 15) is 14.7 Å². The van der Waals surface area contributed by atoms with E-state index in [0.717, 1.165) is 114 Å². The number of rotatable bonds is 10. The van der Waals surface area contributed by atoms with Gasteiger partial charge in [-0.25, -0.2) is 9.59 Å². The van der Waals surface area contributed by atoms with Gasteiger partial charge in [-0.05, 0) is 121 Å². The Morgan fingerprint density at radius 3 is 2.24 bits per heavy atom. The maximum atomic E-state index is 13.3. The molecule has 4 saturated carbocycles. The second-order valence-electron chi connectivity index (χ2n) is 18.5. The van der Waals surface area contributed by atoms with Gasteiger partial charge < -0.3 is 35.1 Å². The second-order valence-corrected chi connectivity index (χ2v) is 18.5. The molecule has 10 nitrogen and oxygen atoms in total. The summed E-state index contributed by atoms with van der Waals surface area (Å²) in [6, 6.07) is 33.0. The number of carbonyl (C=O) groups is 1. The maximum absolute atomic E-state index is 13.3. The van der Waals surface area contributed by atoms with Crippen LogP contribution in [0.2, 0.25) is 0 Å². The van der Waals surface area contributed by atoms with Crippen LogP contribution in [0.5, 0.6) is 0 Å². The third-order valence-corrected chi connectivity index (χ3v) is 14.4. The summed E-state index contributed by atoms with van der Waals surface area (Å²) in [7, 11) is 0. The number of benzene rings is 4. The lowest BCUT2D eigenvalue weighted by molar-refractivity contribution is -0.276. The quantitative estimate of drug-likeness (QED) is 0.113. The first-order chi connectivity index (χ1) is 28.8. The van der Waals surface area contributed by atoms with E-state index in [1.807, 2.05) is 41.0 Å². The molecular weight excluding hydrogens is 739 g/mol. The van der Waals surface area contributed by atoms with E-state index in [4.69, 9.17) is 9.47 Å². The van der Waals surface area contributed by atoms with Gasteiger partial charge in [0.25, 0.3) is 0 Å². The number of imidazole rings is 1. The molecule has 2 saturated heterocycles. The molecule has 2 aliphatic heterocycles. The Kier molecular flexibility index (Phi) is 10.4. The highest BCUT2D eigenvalue weighted by molar-refractivity contribution is 5.76. The molecule has 6 fully saturated rings. The predicted molar refractivity (Wildman–Crippen MR) is 228 cm³/mol. The Balaban J connectivity index is 0.832. The number of carbonyl (C=O) groups excluding carboxylic acids is 1. The van der Waals surface area contributed by atoms with Crippen molar-refractivity contribution >= 4 is 17.1 Å². The minimum Gasteiger partial charge on any atom is -0.392 e. The predicted octanol–water partition coefficient (Wildman–Crippen LogP) is 8.39. The van der Waals surface area contributed by atoms with Gasteiger partial charge in [-0.15, -0.1) is 0 Å². The average molecular weight is 796 g/mol. The number of aromatic amines is 1. The van der Waals surface area contributed by atoms with Crippen molar-refractivity contribution in [1.82, 2.24) is 25.1 Å². The molecule has 1 aromatic heterocycles. The molecule has 3 heterocycles. The van der Waals surface area contributed by atoms with Crippen molar-refractivity contribution in [1.29, 1.82) is 0 Å². The molecule has 6 aliphatic rings. The first-order valence-electron chi connectivity index (χ1n) is 22.0. The standard InChI is InChI=1S/C49H57N5O5/c1-31-44(29-53-18-16-41(17-19-53)54-43-11-3-2-10-42(43)51-48(54)57)58-46(59-45(31)37-14-12-32(30-55)13-15-37)40-9-5-8-39(24-40)38-7-4-6-33(23-38)28-50-47(56)52-49-25-34-20-35(26-49)22-36(21-34)27-49/h2-15,23-24,31,34-36,41,44-46,55H,16-22,25-30H2,1H3,(H,51,57)(H2,50,52,56)/t31-,34?,35?,36?,44+,45+,46+,49?/m0/s1. The number of aliphatic hydroxyl groups is 1. The number of fused-ring (bicyclic) bond motifs is 1. The van der Waals surface area contributed by atoms with Gasteiger partial charge in [0.2, 0.25) is 0 Å². The molecule has 59 heavy (non-hydrogen) atoms. The molecule has 0 spiro atoms. The highest BCUT2D eigenvalue weighted by Crippen LogP contribution is 2.55. The molecule has 4 N–H and O–H groups in total. The van der Waals surface area contributed by atoms with E-state index in [2.05, 4.69) is 88.1 Å². The van der Waals surface area contributed by atoms with E-state index < -0.39 is 6.29 Å². The Hall–Kier alpha value is -4.74. The molecule has 4 atom stereocenters. The van der Waals surface area contributed by atoms with Crippen molar-refractivity contribution in [2.75, 3.05) is 19.6 Å². The van der Waals surface area contributed by atoms with Gasteiger partial charge in [0.1, 0.15) is 0 Å². The summed E-state index contributed by atoms with van der Waals surface area (Å²) < 4.78 is 15.7. The Bertz CT molecular complexity index is 2310. The summed E-state index contributed by atoms with van der Waals surface area (Å²) >= 11 is 0. The van der Waals surface area contributed by atoms with Crippen molar-refractivity contribution in [2.24, 2.45) is 23.7 Å². The zero-order valence-electron chi connectivity index (χ0n) is 34.0. The Morgan fingerprint density at radius 1 is 0.814 bits per heavy atom. The minimum atomic E-state index is -0.584. The summed E-state index contributed by atoms with van der Waals surface area (Å²) in [5.74, 6) is 2.41. The number of aromatic nitrogens is 2. The van der Waals surface area contributed by atoms with Crippen molar-refractivity contribution in [3.63, 3.8) is 0 Å². The van der Waals surface area contributed by atoms with Gasteiger partial charge in [0.05, 0.1) is 29.8 Å². The lowest BCUT2D eigenvalue weighted by atomic mass is 9.53. The van der Waals surface area contributed by atoms with Crippen molar-refractivity contribution in [3.05, 3.63) is 130 Å². The van der Waals surface area contributed by atoms with E-state index in [-0.39, 0.29) is 48.0 Å². The van der Waals surface area contributed by atoms with Gasteiger partial charge in [0.15, 0.2) is 6.29 Å². The van der Waals surface area contributed by atoms with Gasteiger partial charge in [-0.1, -0.05) is 79.7 Å². The van der Waals surface area contributed by atoms with Gasteiger partial charge in [-0.3, -0.25) is 4.57 Å². The summed E-state index contributed by atoms with van der Waals surface area (Å²) in [6.07, 6.45) is 8.34. The van der Waals surface area contributed by atoms with Crippen LogP contribution >= 0.6 is 0 Å². The molecule has 4 aliphatic carbocycles. The van der Waals surface area contributed by atoms with Crippen LogP contribution in [-0.2, 0) is 22.6 Å². The molecule has 5 aromatic rings. The fraction of sp³-hybridized carbons (Fsp3) is 0.469. The average Bonchev–Trinajstić information content (AvgIpc) is 3.59. The smallest absolute Gasteiger partial charge is 0.326 e. The number of likely N-dealkylation sites (tertiary alicyclic amines) is 1. The monoisotopic (exact) mass is 795 g/mol. The van der Waals surface area contributed by atoms with Crippen LogP contribution in [-0.4, -0.2) is 56.9 Å². The molecule has 2 amide bonds. The fourth-order valence-electron chi connectivity index (χ4n) is 11.8. The summed E-state index contributed by atoms with van der Waals surface area (Å²) in [4.78, 5) is 31.7. The number of urea groups is 1. The number of para-hydroxylation sites is 2. The Labute approximate surface area is 346 Å². The number of hydrogen-bond acceptors (Lipinski definition) is 6. The van der Waals surface area contributed by atoms with Crippen LogP contribution in [0.15, 0.2) is 102 Å². The maximum Gasteiger partial charge on any atom is 0.326 e. The van der Waals surface area contributed by atoms with E-state index >= 15 is 0 Å². The highest BCUT2D eigenvalue weighted by atomic mass is 16.7. The summed E-state index contributed by atoms with van der Waals surface area (Å²) in [5, 5.41) is 16.4. The van der Waals surface area contributed by atoms with E-state index in [0.29, 0.717) is 6.54 Å². The number of nitrogens with one attached hydrogen (secondary N) is 3. The van der Waals surface area contributed by atoms with Crippen molar-refractivity contribution < 1.29 is 19.4 Å². The summed E-state index contributed by atoms with van der Waals surface area (Å²) in [6.45, 7) is 5.17. The van der Waals surface area contributed by atoms with E-state index in [1.54, 1.807) is 0 Å². The van der Waals surface area contributed by atoms with Gasteiger partial charge >= 0.3 is 11.7 Å². The van der Waals surface area contributed by atoms with Crippen molar-refractivity contribution in [3.8, 4) is 11.1 Å². The molecule has 10 heteroatoms. The molecule has 308 valence electrons. The molecule has 0 unspecified atom stereocenters. The number of aliphatic hydroxyl groups excluding tert-OH is 1. The Morgan fingerprint density at radius 2 is 1.51 bits per heavy atom. The third-order valence-electron chi connectivity index (χ3n) is 14.4. The first-order valence-corrected chi connectivity index (χ1v) is 22.0. The molecule has 4 aromatic carbocycles. The van der Waals surface area contributed by atoms with Crippen LogP contribution in [0.25, 0.3) is 22.2 Å². The number of nitrogens with zero attached hydrogens (tertiary/aromatic N) is 2. The molecule has 4 bridgehead atoms.